The van der Waals surface area contributed by atoms with Crippen LogP contribution in [0.5, 0.6) is 0 Å². The van der Waals surface area contributed by atoms with Crippen molar-refractivity contribution >= 4 is 15.3 Å². The maximum atomic E-state index is 5.15. The molecule has 0 saturated heterocycles. The molecule has 184 valence electrons. The van der Waals surface area contributed by atoms with Crippen molar-refractivity contribution in [3.8, 4) is 22.3 Å². The summed E-state index contributed by atoms with van der Waals surface area (Å²) in [6.07, 6.45) is 0. The van der Waals surface area contributed by atoms with Crippen LogP contribution in [0.25, 0.3) is 28.0 Å². The predicted molar refractivity (Wildman–Crippen MR) is 156 cm³/mol. The molecule has 1 aliphatic rings. The molecule has 0 saturated carbocycles. The van der Waals surface area contributed by atoms with Crippen LogP contribution in [0.1, 0.15) is 22.3 Å². The fourth-order valence-electron chi connectivity index (χ4n) is 4.37. The number of rotatable bonds is 5. The molecule has 5 aromatic carbocycles. The number of amidine groups is 1. The number of benzene rings is 5. The second kappa shape index (κ2) is 11.1. The fraction of sp³-hybridized carbons (Fsp3) is 0.0286. The Bertz CT molecular complexity index is 1630. The Morgan fingerprint density at radius 3 is 1.42 bits per heavy atom. The number of aryl methyl sites for hydroxylation is 1. The molecule has 5 aromatic rings. The van der Waals surface area contributed by atoms with Crippen LogP contribution < -0.4 is 21.2 Å². The Kier molecular flexibility index (Phi) is 7.10. The molecule has 0 spiro atoms. The summed E-state index contributed by atoms with van der Waals surface area (Å²) in [6.45, 7) is 2.12. The van der Waals surface area contributed by atoms with Gasteiger partial charge in [-0.25, -0.2) is 0 Å². The van der Waals surface area contributed by atoms with E-state index in [2.05, 4.69) is 132 Å². The summed E-state index contributed by atoms with van der Waals surface area (Å²) in [6, 6.07) is 46.9. The van der Waals surface area contributed by atoms with Crippen molar-refractivity contribution in [3.05, 3.63) is 160 Å². The average molecular weight is 602 g/mol. The van der Waals surface area contributed by atoms with Gasteiger partial charge < -0.3 is 0 Å². The molecule has 1 aliphatic heterocycles. The molecule has 6 rings (SSSR count). The molecule has 0 aromatic heterocycles. The quantitative estimate of drug-likeness (QED) is 0.234. The van der Waals surface area contributed by atoms with E-state index in [1.807, 2.05) is 12.1 Å². The Morgan fingerprint density at radius 1 is 0.421 bits per heavy atom. The summed E-state index contributed by atoms with van der Waals surface area (Å²) in [5.74, 6) is 0.760. The Morgan fingerprint density at radius 2 is 0.868 bits per heavy atom. The molecule has 2 nitrogen and oxygen atoms in total. The average Bonchev–Trinajstić information content (AvgIpc) is 3.22. The van der Waals surface area contributed by atoms with Crippen LogP contribution in [-0.4, -0.2) is 9.55 Å². The van der Waals surface area contributed by atoms with E-state index in [1.54, 1.807) is 0 Å². The van der Waals surface area contributed by atoms with E-state index in [4.69, 9.17) is 9.98 Å². The molecule has 0 radical (unpaired) electrons. The number of hydrogen-bond acceptors (Lipinski definition) is 2. The van der Waals surface area contributed by atoms with Gasteiger partial charge in [0.2, 0.25) is 0 Å². The SMILES string of the molecule is Cc1ccc(C2=NC(c3ccc(-c4ccccc4)cc3)=NC(c3ccc(-c4ccccc4)cc3)=C[I-]2)cc1. The molecule has 0 atom stereocenters. The molecular formula is C35H26IN2-. The predicted octanol–water partition coefficient (Wildman–Crippen LogP) is 5.62. The van der Waals surface area contributed by atoms with Crippen molar-refractivity contribution in [1.29, 1.82) is 0 Å². The van der Waals surface area contributed by atoms with Crippen LogP contribution >= 0.6 is 0 Å². The van der Waals surface area contributed by atoms with Crippen molar-refractivity contribution < 1.29 is 21.2 Å². The van der Waals surface area contributed by atoms with Crippen molar-refractivity contribution in [2.24, 2.45) is 9.98 Å². The van der Waals surface area contributed by atoms with Gasteiger partial charge in [-0.1, -0.05) is 0 Å². The van der Waals surface area contributed by atoms with Gasteiger partial charge in [-0.05, 0) is 0 Å². The molecule has 0 bridgehead atoms. The van der Waals surface area contributed by atoms with E-state index in [1.165, 1.54) is 33.4 Å². The van der Waals surface area contributed by atoms with Crippen LogP contribution in [0, 0.1) is 6.92 Å². The third-order valence-electron chi connectivity index (χ3n) is 6.52. The first-order valence-corrected chi connectivity index (χ1v) is 15.0. The third kappa shape index (κ3) is 5.43. The van der Waals surface area contributed by atoms with Gasteiger partial charge in [0.05, 0.1) is 0 Å². The van der Waals surface area contributed by atoms with Gasteiger partial charge in [0.15, 0.2) is 0 Å². The standard InChI is InChI=1S/C35H26IN2/c1-25-12-14-31(15-13-25)34-36-24-33(30-20-16-28(17-21-30)26-8-4-2-5-9-26)37-35(38-34)32-22-18-29(19-23-32)27-10-6-3-7-11-27/h2-24H,1H3/q-1. The minimum absolute atomic E-state index is 0.475. The van der Waals surface area contributed by atoms with Gasteiger partial charge >= 0.3 is 235 Å². The van der Waals surface area contributed by atoms with Gasteiger partial charge in [0.25, 0.3) is 0 Å². The molecule has 0 fully saturated rings. The van der Waals surface area contributed by atoms with E-state index in [-0.39, 0.29) is 0 Å². The molecular weight excluding hydrogens is 575 g/mol. The number of hydrogen-bond donors (Lipinski definition) is 0. The van der Waals surface area contributed by atoms with E-state index in [9.17, 15) is 0 Å². The topological polar surface area (TPSA) is 24.7 Å². The summed E-state index contributed by atoms with van der Waals surface area (Å²) in [5.41, 5.74) is 10.4. The van der Waals surface area contributed by atoms with Crippen molar-refractivity contribution in [2.45, 2.75) is 6.92 Å². The van der Waals surface area contributed by atoms with Crippen LogP contribution in [0.4, 0.5) is 0 Å². The van der Waals surface area contributed by atoms with E-state index >= 15 is 0 Å². The van der Waals surface area contributed by atoms with E-state index in [0.29, 0.717) is 0 Å². The van der Waals surface area contributed by atoms with Crippen molar-refractivity contribution in [1.82, 2.24) is 0 Å². The Balaban J connectivity index is 1.38. The van der Waals surface area contributed by atoms with Gasteiger partial charge in [-0.15, -0.1) is 0 Å². The van der Waals surface area contributed by atoms with E-state index in [0.717, 1.165) is 26.4 Å². The first kappa shape index (κ1) is 24.3. The monoisotopic (exact) mass is 601 g/mol. The van der Waals surface area contributed by atoms with Crippen molar-refractivity contribution in [3.63, 3.8) is 0 Å². The second-order valence-corrected chi connectivity index (χ2v) is 11.5. The first-order valence-electron chi connectivity index (χ1n) is 12.6. The van der Waals surface area contributed by atoms with Gasteiger partial charge in [0, 0.05) is 0 Å². The molecule has 0 amide bonds. The number of aliphatic imine (C=N–C) groups is 2. The van der Waals surface area contributed by atoms with Crippen LogP contribution in [0.2, 0.25) is 0 Å². The molecule has 0 unspecified atom stereocenters. The van der Waals surface area contributed by atoms with Crippen molar-refractivity contribution in [2.75, 3.05) is 0 Å². The Labute approximate surface area is 234 Å². The first-order chi connectivity index (χ1) is 18.7. The molecule has 38 heavy (non-hydrogen) atoms. The minimum atomic E-state index is -0.475. The summed E-state index contributed by atoms with van der Waals surface area (Å²) < 4.78 is 3.44. The van der Waals surface area contributed by atoms with Crippen LogP contribution in [0.3, 0.4) is 0 Å². The Hall–Kier alpha value is -4.09. The van der Waals surface area contributed by atoms with Gasteiger partial charge in [0.1, 0.15) is 0 Å². The zero-order chi connectivity index (χ0) is 25.7. The van der Waals surface area contributed by atoms with E-state index < -0.39 is 21.2 Å². The molecule has 3 heteroatoms. The fourth-order valence-corrected chi connectivity index (χ4v) is 6.54. The summed E-state index contributed by atoms with van der Waals surface area (Å²) >= 11 is -0.475. The maximum absolute atomic E-state index is 5.15. The van der Waals surface area contributed by atoms with Crippen LogP contribution in [-0.2, 0) is 0 Å². The summed E-state index contributed by atoms with van der Waals surface area (Å²) in [5, 5.41) is 0. The van der Waals surface area contributed by atoms with Gasteiger partial charge in [-0.2, -0.15) is 0 Å². The summed E-state index contributed by atoms with van der Waals surface area (Å²) in [7, 11) is 0. The zero-order valence-electron chi connectivity index (χ0n) is 21.1. The second-order valence-electron chi connectivity index (χ2n) is 9.19. The molecule has 0 aliphatic carbocycles. The normalized spacial score (nSPS) is 13.4. The summed E-state index contributed by atoms with van der Waals surface area (Å²) in [4.78, 5) is 10.3. The van der Waals surface area contributed by atoms with Gasteiger partial charge in [-0.3, -0.25) is 0 Å². The molecule has 0 N–H and O–H groups in total. The number of nitrogens with zero attached hydrogens (tertiary/aromatic N) is 2. The molecule has 1 heterocycles. The van der Waals surface area contributed by atoms with Crippen LogP contribution in [0.15, 0.2) is 148 Å². The zero-order valence-corrected chi connectivity index (χ0v) is 23.2. The third-order valence-corrected chi connectivity index (χ3v) is 8.87. The number of halogens is 1.